The quantitative estimate of drug-likeness (QED) is 0.126. The molecule has 4 aliphatic rings. The lowest BCUT2D eigenvalue weighted by Gasteiger charge is -2.19. The average molecular weight is 1310 g/mol. The Morgan fingerprint density at radius 3 is 0.980 bits per heavy atom. The average Bonchev–Trinajstić information content (AvgIpc) is 1.61. The van der Waals surface area contributed by atoms with Gasteiger partial charge in [-0.15, -0.1) is 0 Å². The van der Waals surface area contributed by atoms with E-state index in [1.807, 2.05) is 48.5 Å². The smallest absolute Gasteiger partial charge is 0.164 e. The van der Waals surface area contributed by atoms with Crippen LogP contribution in [0.5, 0.6) is 11.5 Å². The summed E-state index contributed by atoms with van der Waals surface area (Å²) >= 11 is 0. The van der Waals surface area contributed by atoms with Crippen LogP contribution >= 0.6 is 0 Å². The number of aromatic nitrogens is 12. The minimum absolute atomic E-state index is 0.126. The molecular weight excluding hydrogens is 1240 g/mol. The molecule has 488 valence electrons. The van der Waals surface area contributed by atoms with E-state index < -0.39 is 0 Å². The summed E-state index contributed by atoms with van der Waals surface area (Å²) in [7, 11) is 0. The molecule has 0 saturated heterocycles. The minimum Gasteiger partial charge on any atom is -0.457 e. The van der Waals surface area contributed by atoms with Crippen molar-refractivity contribution in [2.24, 2.45) is 0 Å². The maximum Gasteiger partial charge on any atom is 0.164 e. The molecule has 16 bridgehead atoms. The summed E-state index contributed by atoms with van der Waals surface area (Å²) in [5, 5.41) is 3.48. The zero-order valence-electron chi connectivity index (χ0n) is 57.5. The molecule has 18 rings (SSSR count). The maximum atomic E-state index is 6.93. The predicted octanol–water partition coefficient (Wildman–Crippen LogP) is 22.2. The molecule has 0 fully saturated rings. The van der Waals surface area contributed by atoms with Crippen molar-refractivity contribution in [2.45, 2.75) is 78.6 Å². The van der Waals surface area contributed by atoms with Gasteiger partial charge < -0.3 is 24.7 Å². The number of hydrogen-bond donors (Lipinski definition) is 4. The Hall–Kier alpha value is -12.5. The van der Waals surface area contributed by atoms with Crippen molar-refractivity contribution in [3.63, 3.8) is 0 Å². The Morgan fingerprint density at radius 1 is 0.257 bits per heavy atom. The molecular formula is C88H70N12O. The normalized spacial score (nSPS) is 12.7. The predicted molar refractivity (Wildman–Crippen MR) is 413 cm³/mol. The van der Waals surface area contributed by atoms with Crippen LogP contribution in [-0.2, 0) is 16.2 Å². The van der Waals surface area contributed by atoms with Gasteiger partial charge in [0.25, 0.3) is 0 Å². The highest BCUT2D eigenvalue weighted by molar-refractivity contribution is 6.08. The van der Waals surface area contributed by atoms with E-state index in [1.165, 1.54) is 5.56 Å². The van der Waals surface area contributed by atoms with Crippen LogP contribution in [0.25, 0.3) is 181 Å². The first-order chi connectivity index (χ1) is 48.9. The molecule has 14 aromatic rings. The lowest BCUT2D eigenvalue weighted by Crippen LogP contribution is -2.10. The number of benzene rings is 8. The molecule has 0 unspecified atom stereocenters. The summed E-state index contributed by atoms with van der Waals surface area (Å²) in [6, 6.07) is 74.0. The van der Waals surface area contributed by atoms with Crippen LogP contribution < -0.4 is 4.74 Å². The van der Waals surface area contributed by atoms with E-state index in [0.717, 1.165) is 144 Å². The standard InChI is InChI=1S/C88H70N12O/c1-86(2,3)53-27-33-58-62(45-53)82-94-78(58)93-79-59-34-28-54(87(4,5)6)46-63(59)83(95-79)100-84-64-47-55(88(7,8)9)29-35-60(64)80(96-84)98-85-65-48-57(32-36-61(65)81(97-82)99-85)101-56-30-25-52(26-31-56)77-72-43-41-70(91-72)75(50-21-15-11-16-22-50)68-39-37-66(89-68)74(49-19-13-10-14-20-49)67-38-40-69(90-67)76(51-23-17-12-18-24-51)71-42-44-73(77)92-71/h10-48,89,92H,1-9H3,(H2,93,94,95,96,97,98,99,100). The van der Waals surface area contributed by atoms with Crippen LogP contribution in [0.1, 0.15) is 102 Å². The lowest BCUT2D eigenvalue weighted by atomic mass is 9.85. The molecule has 13 heteroatoms. The Kier molecular flexibility index (Phi) is 13.9. The van der Waals surface area contributed by atoms with Crippen LogP contribution in [-0.4, -0.2) is 59.8 Å². The molecule has 6 aromatic heterocycles. The van der Waals surface area contributed by atoms with Gasteiger partial charge in [0, 0.05) is 88.1 Å². The number of aromatic amines is 4. The van der Waals surface area contributed by atoms with Crippen LogP contribution in [0.2, 0.25) is 0 Å². The Labute approximate surface area is 583 Å². The van der Waals surface area contributed by atoms with Gasteiger partial charge >= 0.3 is 0 Å². The van der Waals surface area contributed by atoms with E-state index in [-0.39, 0.29) is 16.2 Å². The van der Waals surface area contributed by atoms with Crippen LogP contribution in [0.15, 0.2) is 212 Å². The van der Waals surface area contributed by atoms with Crippen molar-refractivity contribution in [1.82, 2.24) is 59.8 Å². The monoisotopic (exact) mass is 1310 g/mol. The van der Waals surface area contributed by atoms with Gasteiger partial charge in [0.1, 0.15) is 34.1 Å². The van der Waals surface area contributed by atoms with E-state index in [1.54, 1.807) is 0 Å². The Balaban J connectivity index is 0.814. The van der Waals surface area contributed by atoms with Gasteiger partial charge in [-0.2, -0.15) is 0 Å². The van der Waals surface area contributed by atoms with Crippen molar-refractivity contribution < 1.29 is 4.74 Å². The zero-order chi connectivity index (χ0) is 68.6. The van der Waals surface area contributed by atoms with E-state index in [9.17, 15) is 0 Å². The van der Waals surface area contributed by atoms with Crippen LogP contribution in [0, 0.1) is 0 Å². The summed E-state index contributed by atoms with van der Waals surface area (Å²) in [5.41, 5.74) is 24.1. The third-order valence-electron chi connectivity index (χ3n) is 19.7. The van der Waals surface area contributed by atoms with Gasteiger partial charge in [0.2, 0.25) is 0 Å². The van der Waals surface area contributed by atoms with Gasteiger partial charge in [-0.1, -0.05) is 202 Å². The molecule has 0 aliphatic carbocycles. The second-order valence-electron chi connectivity index (χ2n) is 29.6. The highest BCUT2D eigenvalue weighted by Gasteiger charge is 2.28. The van der Waals surface area contributed by atoms with Crippen molar-refractivity contribution in [1.29, 1.82) is 0 Å². The molecule has 0 radical (unpaired) electrons. The summed E-state index contributed by atoms with van der Waals surface area (Å²) in [6.45, 7) is 20.0. The van der Waals surface area contributed by atoms with E-state index in [2.05, 4.69) is 270 Å². The fourth-order valence-electron chi connectivity index (χ4n) is 14.3. The van der Waals surface area contributed by atoms with Crippen molar-refractivity contribution in [2.75, 3.05) is 0 Å². The van der Waals surface area contributed by atoms with Crippen LogP contribution in [0.3, 0.4) is 0 Å². The lowest BCUT2D eigenvalue weighted by molar-refractivity contribution is 0.483. The zero-order valence-corrected chi connectivity index (χ0v) is 57.5. The highest BCUT2D eigenvalue weighted by Crippen LogP contribution is 2.44. The van der Waals surface area contributed by atoms with Gasteiger partial charge in [-0.25, -0.2) is 39.9 Å². The number of nitrogens with one attached hydrogen (secondary N) is 4. The third-order valence-corrected chi connectivity index (χ3v) is 19.7. The number of ether oxygens (including phenoxy) is 1. The van der Waals surface area contributed by atoms with Gasteiger partial charge in [-0.05, 0) is 152 Å². The summed E-state index contributed by atoms with van der Waals surface area (Å²) in [4.78, 5) is 58.5. The largest absolute Gasteiger partial charge is 0.457 e. The molecule has 0 atom stereocenters. The molecule has 0 saturated carbocycles. The second-order valence-corrected chi connectivity index (χ2v) is 29.6. The van der Waals surface area contributed by atoms with Gasteiger partial charge in [0.15, 0.2) is 23.3 Å². The van der Waals surface area contributed by atoms with Crippen molar-refractivity contribution in [3.8, 4) is 102 Å². The molecule has 4 N–H and O–H groups in total. The number of fused-ring (bicyclic) bond motifs is 28. The molecule has 0 amide bonds. The van der Waals surface area contributed by atoms with Crippen LogP contribution in [0.4, 0.5) is 0 Å². The maximum absolute atomic E-state index is 6.93. The first kappa shape index (κ1) is 60.9. The number of rotatable bonds is 6. The number of H-pyrrole nitrogens is 4. The van der Waals surface area contributed by atoms with E-state index in [0.29, 0.717) is 57.4 Å². The van der Waals surface area contributed by atoms with Gasteiger partial charge in [0.05, 0.1) is 22.8 Å². The van der Waals surface area contributed by atoms with Crippen molar-refractivity contribution in [3.05, 3.63) is 252 Å². The van der Waals surface area contributed by atoms with E-state index in [4.69, 9.17) is 44.6 Å². The minimum atomic E-state index is -0.151. The summed E-state index contributed by atoms with van der Waals surface area (Å²) in [6.07, 6.45) is 8.52. The fraction of sp³-hybridized carbons (Fsp3) is 0.136. The third kappa shape index (κ3) is 10.8. The first-order valence-electron chi connectivity index (χ1n) is 34.4. The molecule has 101 heavy (non-hydrogen) atoms. The Morgan fingerprint density at radius 2 is 0.584 bits per heavy atom. The second kappa shape index (κ2) is 23.1. The molecule has 10 heterocycles. The van der Waals surface area contributed by atoms with Gasteiger partial charge in [-0.3, -0.25) is 0 Å². The van der Waals surface area contributed by atoms with Crippen molar-refractivity contribution >= 4 is 90.5 Å². The Bertz CT molecular complexity index is 6170. The summed E-state index contributed by atoms with van der Waals surface area (Å²) < 4.78 is 6.93. The SMILES string of the molecule is CC(C)(C)c1ccc2c(c1)-c1nc-2nc2[nH]c(nc3nc(nc4[nH]c(n1)c1ccc(Oc5ccc(-c6c7nc(c(-c8ccccc8)c8ccc([nH]8)c(-c8ccccc8)c8nc(c(-c9ccccc9)c9ccc6[nH]9)C=C8)C=C7)cc5)cc41)-c1ccc(C(C)(C)C)cc1-3)c1cc(C(C)(C)C)ccc21. The summed E-state index contributed by atoms with van der Waals surface area (Å²) in [5.74, 6) is 3.40. The first-order valence-corrected chi connectivity index (χ1v) is 34.4. The number of hydrogen-bond acceptors (Lipinski definition) is 9. The topological polar surface area (TPSA) is 176 Å². The number of nitrogens with zero attached hydrogens (tertiary/aromatic N) is 8. The van der Waals surface area contributed by atoms with E-state index >= 15 is 0 Å². The molecule has 0 spiro atoms. The molecule has 8 aromatic carbocycles. The highest BCUT2D eigenvalue weighted by atomic mass is 16.5. The molecule has 4 aliphatic heterocycles. The molecule has 13 nitrogen and oxygen atoms in total. The fourth-order valence-corrected chi connectivity index (χ4v) is 14.3.